The minimum atomic E-state index is 0.691. The molecule has 0 aliphatic heterocycles. The molecule has 1 aromatic carbocycles. The van der Waals surface area contributed by atoms with Crippen LogP contribution in [0.5, 0.6) is 5.75 Å². The molecule has 0 atom stereocenters. The average molecular weight is 270 g/mol. The quantitative estimate of drug-likeness (QED) is 0.735. The molecule has 0 saturated heterocycles. The van der Waals surface area contributed by atoms with Crippen molar-refractivity contribution in [1.82, 2.24) is 4.90 Å². The molecule has 3 heteroatoms. The SMILES string of the molecule is COc1c(C)cc(CCN(C)CCCl)c(C)c1C. The summed E-state index contributed by atoms with van der Waals surface area (Å²) in [5, 5.41) is 0. The number of hydrogen-bond acceptors (Lipinski definition) is 2. The normalized spacial score (nSPS) is 11.1. The molecule has 1 aromatic rings. The predicted molar refractivity (Wildman–Crippen MR) is 79.1 cm³/mol. The fourth-order valence-electron chi connectivity index (χ4n) is 2.28. The molecule has 0 radical (unpaired) electrons. The standard InChI is InChI=1S/C15H24ClNO/c1-11-10-14(6-8-17(4)9-7-16)12(2)13(3)15(11)18-5/h10H,6-9H2,1-5H3. The molecule has 2 nitrogen and oxygen atoms in total. The smallest absolute Gasteiger partial charge is 0.124 e. The Morgan fingerprint density at radius 1 is 1.17 bits per heavy atom. The van der Waals surface area contributed by atoms with E-state index in [1.807, 2.05) is 0 Å². The topological polar surface area (TPSA) is 12.5 Å². The van der Waals surface area contributed by atoms with Crippen molar-refractivity contribution in [2.24, 2.45) is 0 Å². The molecule has 0 amide bonds. The predicted octanol–water partition coefficient (Wildman–Crippen LogP) is 3.33. The molecular weight excluding hydrogens is 246 g/mol. The maximum Gasteiger partial charge on any atom is 0.124 e. The highest BCUT2D eigenvalue weighted by molar-refractivity contribution is 6.18. The minimum Gasteiger partial charge on any atom is -0.496 e. The van der Waals surface area contributed by atoms with Gasteiger partial charge in [0.15, 0.2) is 0 Å². The molecular formula is C15H24ClNO. The van der Waals surface area contributed by atoms with Gasteiger partial charge in [0, 0.05) is 19.0 Å². The first-order chi connectivity index (χ1) is 8.51. The lowest BCUT2D eigenvalue weighted by molar-refractivity contribution is 0.359. The second-order valence-corrected chi connectivity index (χ2v) is 5.26. The van der Waals surface area contributed by atoms with Crippen LogP contribution in [-0.4, -0.2) is 38.0 Å². The first-order valence-corrected chi connectivity index (χ1v) is 6.92. The van der Waals surface area contributed by atoms with Gasteiger partial charge in [-0.25, -0.2) is 0 Å². The summed E-state index contributed by atoms with van der Waals surface area (Å²) in [4.78, 5) is 2.27. The zero-order valence-electron chi connectivity index (χ0n) is 12.1. The van der Waals surface area contributed by atoms with Gasteiger partial charge in [0.2, 0.25) is 0 Å². The summed E-state index contributed by atoms with van der Waals surface area (Å²) < 4.78 is 5.45. The fraction of sp³-hybridized carbons (Fsp3) is 0.600. The Morgan fingerprint density at radius 3 is 2.39 bits per heavy atom. The lowest BCUT2D eigenvalue weighted by Crippen LogP contribution is -2.23. The van der Waals surface area contributed by atoms with E-state index in [1.165, 1.54) is 22.3 Å². The number of benzene rings is 1. The number of methoxy groups -OCH3 is 1. The van der Waals surface area contributed by atoms with Gasteiger partial charge in [-0.1, -0.05) is 6.07 Å². The molecule has 0 heterocycles. The second kappa shape index (κ2) is 7.01. The zero-order valence-corrected chi connectivity index (χ0v) is 12.9. The molecule has 18 heavy (non-hydrogen) atoms. The van der Waals surface area contributed by atoms with Crippen molar-refractivity contribution in [2.75, 3.05) is 33.1 Å². The number of nitrogens with zero attached hydrogens (tertiary/aromatic N) is 1. The third-order valence-electron chi connectivity index (χ3n) is 3.57. The molecule has 0 bridgehead atoms. The van der Waals surface area contributed by atoms with E-state index in [-0.39, 0.29) is 0 Å². The Hall–Kier alpha value is -0.730. The van der Waals surface area contributed by atoms with Crippen LogP contribution >= 0.6 is 11.6 Å². The molecule has 102 valence electrons. The molecule has 1 rings (SSSR count). The van der Waals surface area contributed by atoms with E-state index in [9.17, 15) is 0 Å². The highest BCUT2D eigenvalue weighted by Gasteiger charge is 2.10. The van der Waals surface area contributed by atoms with Gasteiger partial charge >= 0.3 is 0 Å². The average Bonchev–Trinajstić information content (AvgIpc) is 2.33. The largest absolute Gasteiger partial charge is 0.496 e. The zero-order chi connectivity index (χ0) is 13.7. The minimum absolute atomic E-state index is 0.691. The lowest BCUT2D eigenvalue weighted by Gasteiger charge is -2.19. The molecule has 0 spiro atoms. The van der Waals surface area contributed by atoms with Crippen LogP contribution < -0.4 is 4.74 Å². The van der Waals surface area contributed by atoms with Crippen LogP contribution in [0.2, 0.25) is 0 Å². The van der Waals surface area contributed by atoms with Gasteiger partial charge in [-0.05, 0) is 56.5 Å². The van der Waals surface area contributed by atoms with Crippen molar-refractivity contribution >= 4 is 11.6 Å². The number of likely N-dealkylation sites (N-methyl/N-ethyl adjacent to an activating group) is 1. The van der Waals surface area contributed by atoms with Gasteiger partial charge in [0.1, 0.15) is 5.75 Å². The summed E-state index contributed by atoms with van der Waals surface area (Å²) in [6.45, 7) is 8.39. The Bertz CT molecular complexity index is 404. The lowest BCUT2D eigenvalue weighted by atomic mass is 9.96. The summed E-state index contributed by atoms with van der Waals surface area (Å²) in [5.41, 5.74) is 5.23. The van der Waals surface area contributed by atoms with Crippen LogP contribution in [0.1, 0.15) is 22.3 Å². The molecule has 0 aliphatic rings. The maximum absolute atomic E-state index is 5.74. The van der Waals surface area contributed by atoms with E-state index in [1.54, 1.807) is 7.11 Å². The summed E-state index contributed by atoms with van der Waals surface area (Å²) in [6.07, 6.45) is 1.06. The van der Waals surface area contributed by atoms with E-state index in [4.69, 9.17) is 16.3 Å². The van der Waals surface area contributed by atoms with Crippen molar-refractivity contribution in [3.8, 4) is 5.75 Å². The summed E-state index contributed by atoms with van der Waals surface area (Å²) in [5.74, 6) is 1.71. The van der Waals surface area contributed by atoms with Crippen molar-refractivity contribution in [3.63, 3.8) is 0 Å². The molecule has 0 saturated carbocycles. The highest BCUT2D eigenvalue weighted by Crippen LogP contribution is 2.28. The summed E-state index contributed by atoms with van der Waals surface area (Å²) in [6, 6.07) is 2.25. The number of rotatable bonds is 6. The van der Waals surface area contributed by atoms with Crippen LogP contribution in [0.15, 0.2) is 6.07 Å². The van der Waals surface area contributed by atoms with Crippen LogP contribution in [-0.2, 0) is 6.42 Å². The maximum atomic E-state index is 5.74. The van der Waals surface area contributed by atoms with E-state index in [2.05, 4.69) is 38.8 Å². The van der Waals surface area contributed by atoms with Gasteiger partial charge in [-0.3, -0.25) is 0 Å². The fourth-order valence-corrected chi connectivity index (χ4v) is 2.57. The molecule has 0 unspecified atom stereocenters. The Balaban J connectivity index is 2.84. The number of ether oxygens (including phenoxy) is 1. The first-order valence-electron chi connectivity index (χ1n) is 6.39. The van der Waals surface area contributed by atoms with E-state index in [0.29, 0.717) is 5.88 Å². The van der Waals surface area contributed by atoms with Crippen molar-refractivity contribution in [1.29, 1.82) is 0 Å². The third-order valence-corrected chi connectivity index (χ3v) is 3.74. The van der Waals surface area contributed by atoms with Crippen molar-refractivity contribution in [3.05, 3.63) is 28.3 Å². The first kappa shape index (κ1) is 15.3. The number of aryl methyl sites for hydroxylation is 1. The molecule has 0 aromatic heterocycles. The second-order valence-electron chi connectivity index (χ2n) is 4.88. The summed E-state index contributed by atoms with van der Waals surface area (Å²) >= 11 is 5.74. The number of hydrogen-bond donors (Lipinski definition) is 0. The van der Waals surface area contributed by atoms with E-state index >= 15 is 0 Å². The van der Waals surface area contributed by atoms with Gasteiger partial charge in [-0.15, -0.1) is 11.6 Å². The van der Waals surface area contributed by atoms with Crippen molar-refractivity contribution < 1.29 is 4.74 Å². The Morgan fingerprint density at radius 2 is 1.83 bits per heavy atom. The van der Waals surface area contributed by atoms with Gasteiger partial charge in [0.05, 0.1) is 7.11 Å². The Kier molecular flexibility index (Phi) is 5.97. The van der Waals surface area contributed by atoms with Crippen LogP contribution in [0.25, 0.3) is 0 Å². The van der Waals surface area contributed by atoms with Gasteiger partial charge in [-0.2, -0.15) is 0 Å². The van der Waals surface area contributed by atoms with Crippen LogP contribution in [0.3, 0.4) is 0 Å². The van der Waals surface area contributed by atoms with Crippen LogP contribution in [0.4, 0.5) is 0 Å². The van der Waals surface area contributed by atoms with Crippen molar-refractivity contribution in [2.45, 2.75) is 27.2 Å². The van der Waals surface area contributed by atoms with Crippen LogP contribution in [0, 0.1) is 20.8 Å². The number of halogens is 1. The monoisotopic (exact) mass is 269 g/mol. The van der Waals surface area contributed by atoms with E-state index in [0.717, 1.165) is 25.3 Å². The molecule has 0 fully saturated rings. The van der Waals surface area contributed by atoms with Gasteiger partial charge in [0.25, 0.3) is 0 Å². The van der Waals surface area contributed by atoms with E-state index < -0.39 is 0 Å². The molecule has 0 aliphatic carbocycles. The summed E-state index contributed by atoms with van der Waals surface area (Å²) in [7, 11) is 3.85. The highest BCUT2D eigenvalue weighted by atomic mass is 35.5. The molecule has 0 N–H and O–H groups in total. The third kappa shape index (κ3) is 3.63. The Labute approximate surface area is 116 Å². The van der Waals surface area contributed by atoms with Gasteiger partial charge < -0.3 is 9.64 Å². The number of alkyl halides is 1.